The van der Waals surface area contributed by atoms with Crippen LogP contribution in [0.1, 0.15) is 33.1 Å². The third-order valence-corrected chi connectivity index (χ3v) is 3.83. The van der Waals surface area contributed by atoms with Crippen LogP contribution in [0.5, 0.6) is 5.75 Å². The van der Waals surface area contributed by atoms with Crippen LogP contribution in [0.3, 0.4) is 0 Å². The molecule has 1 aromatic carbocycles. The summed E-state index contributed by atoms with van der Waals surface area (Å²) in [6.45, 7) is 9.38. The molecule has 2 atom stereocenters. The van der Waals surface area contributed by atoms with Gasteiger partial charge in [0.15, 0.2) is 0 Å². The number of benzene rings is 1. The van der Waals surface area contributed by atoms with Crippen LogP contribution in [0.4, 0.5) is 0 Å². The van der Waals surface area contributed by atoms with Gasteiger partial charge in [-0.15, -0.1) is 0 Å². The van der Waals surface area contributed by atoms with Crippen LogP contribution in [0.15, 0.2) is 30.3 Å². The summed E-state index contributed by atoms with van der Waals surface area (Å²) < 4.78 is 5.72. The van der Waals surface area contributed by atoms with Gasteiger partial charge in [0.2, 0.25) is 0 Å². The first kappa shape index (κ1) is 14.4. The zero-order valence-electron chi connectivity index (χ0n) is 12.3. The Kier molecular flexibility index (Phi) is 5.71. The predicted molar refractivity (Wildman–Crippen MR) is 80.6 cm³/mol. The SMILES string of the molecule is C[C@H]1C[C@H](C)CN(CCCCOc2ccccc2)C1. The van der Waals surface area contributed by atoms with E-state index in [4.69, 9.17) is 4.74 Å². The van der Waals surface area contributed by atoms with Crippen molar-refractivity contribution in [3.05, 3.63) is 30.3 Å². The molecule has 0 saturated carbocycles. The maximum atomic E-state index is 5.72. The molecule has 0 amide bonds. The number of likely N-dealkylation sites (tertiary alicyclic amines) is 1. The van der Waals surface area contributed by atoms with E-state index < -0.39 is 0 Å². The van der Waals surface area contributed by atoms with Gasteiger partial charge in [0.1, 0.15) is 5.75 Å². The van der Waals surface area contributed by atoms with Crippen LogP contribution in [-0.4, -0.2) is 31.1 Å². The van der Waals surface area contributed by atoms with Crippen molar-refractivity contribution >= 4 is 0 Å². The number of para-hydroxylation sites is 1. The molecule has 19 heavy (non-hydrogen) atoms. The summed E-state index contributed by atoms with van der Waals surface area (Å²) in [6.07, 6.45) is 3.79. The van der Waals surface area contributed by atoms with E-state index in [1.165, 1.54) is 32.5 Å². The number of nitrogens with zero attached hydrogens (tertiary/aromatic N) is 1. The fourth-order valence-electron chi connectivity index (χ4n) is 3.12. The fourth-order valence-corrected chi connectivity index (χ4v) is 3.12. The van der Waals surface area contributed by atoms with Crippen LogP contribution in [0.25, 0.3) is 0 Å². The van der Waals surface area contributed by atoms with Gasteiger partial charge in [-0.25, -0.2) is 0 Å². The largest absolute Gasteiger partial charge is 0.494 e. The standard InChI is InChI=1S/C17H27NO/c1-15-12-16(2)14-18(13-15)10-6-7-11-19-17-8-4-3-5-9-17/h3-5,8-9,15-16H,6-7,10-14H2,1-2H3/t15-,16-/m0/s1. The lowest BCUT2D eigenvalue weighted by molar-refractivity contribution is 0.136. The monoisotopic (exact) mass is 261 g/mol. The van der Waals surface area contributed by atoms with E-state index in [2.05, 4.69) is 18.7 Å². The topological polar surface area (TPSA) is 12.5 Å². The Morgan fingerprint density at radius 3 is 2.42 bits per heavy atom. The molecule has 1 aliphatic rings. The highest BCUT2D eigenvalue weighted by Crippen LogP contribution is 2.21. The normalized spacial score (nSPS) is 24.3. The molecule has 0 unspecified atom stereocenters. The number of hydrogen-bond donors (Lipinski definition) is 0. The first-order chi connectivity index (χ1) is 9.24. The van der Waals surface area contributed by atoms with Crippen LogP contribution < -0.4 is 4.74 Å². The third kappa shape index (κ3) is 5.23. The molecule has 2 rings (SSSR count). The molecule has 0 spiro atoms. The molecule has 0 aliphatic carbocycles. The number of rotatable bonds is 6. The summed E-state index contributed by atoms with van der Waals surface area (Å²) in [6, 6.07) is 10.1. The molecule has 1 aromatic rings. The van der Waals surface area contributed by atoms with Crippen LogP contribution in [0, 0.1) is 11.8 Å². The summed E-state index contributed by atoms with van der Waals surface area (Å²) in [5, 5.41) is 0. The first-order valence-electron chi connectivity index (χ1n) is 7.64. The van der Waals surface area contributed by atoms with Gasteiger partial charge in [-0.2, -0.15) is 0 Å². The van der Waals surface area contributed by atoms with Crippen molar-refractivity contribution < 1.29 is 4.74 Å². The van der Waals surface area contributed by atoms with Crippen molar-refractivity contribution in [2.24, 2.45) is 11.8 Å². The van der Waals surface area contributed by atoms with Crippen LogP contribution in [0.2, 0.25) is 0 Å². The van der Waals surface area contributed by atoms with Gasteiger partial charge in [-0.05, 0) is 49.8 Å². The number of piperidine rings is 1. The second-order valence-corrected chi connectivity index (χ2v) is 6.07. The second kappa shape index (κ2) is 7.54. The van der Waals surface area contributed by atoms with Crippen molar-refractivity contribution in [1.29, 1.82) is 0 Å². The lowest BCUT2D eigenvalue weighted by atomic mass is 9.92. The van der Waals surface area contributed by atoms with E-state index in [1.807, 2.05) is 30.3 Å². The fraction of sp³-hybridized carbons (Fsp3) is 0.647. The maximum absolute atomic E-state index is 5.72. The molecule has 1 fully saturated rings. The predicted octanol–water partition coefficient (Wildman–Crippen LogP) is 3.82. The quantitative estimate of drug-likeness (QED) is 0.722. The molecule has 0 aromatic heterocycles. The number of hydrogen-bond acceptors (Lipinski definition) is 2. The summed E-state index contributed by atoms with van der Waals surface area (Å²) in [5.41, 5.74) is 0. The Bertz CT molecular complexity index is 342. The van der Waals surface area contributed by atoms with Gasteiger partial charge < -0.3 is 9.64 Å². The summed E-state index contributed by atoms with van der Waals surface area (Å²) >= 11 is 0. The highest BCUT2D eigenvalue weighted by Gasteiger charge is 2.20. The highest BCUT2D eigenvalue weighted by atomic mass is 16.5. The Morgan fingerprint density at radius 2 is 1.74 bits per heavy atom. The molecule has 1 aliphatic heterocycles. The molecule has 0 N–H and O–H groups in total. The molecule has 2 nitrogen and oxygen atoms in total. The lowest BCUT2D eigenvalue weighted by Gasteiger charge is -2.34. The summed E-state index contributed by atoms with van der Waals surface area (Å²) in [4.78, 5) is 2.63. The van der Waals surface area contributed by atoms with E-state index in [1.54, 1.807) is 0 Å². The molecule has 1 saturated heterocycles. The zero-order valence-corrected chi connectivity index (χ0v) is 12.3. The van der Waals surface area contributed by atoms with Crippen LogP contribution in [-0.2, 0) is 0 Å². The second-order valence-electron chi connectivity index (χ2n) is 6.07. The van der Waals surface area contributed by atoms with Crippen molar-refractivity contribution in [2.75, 3.05) is 26.2 Å². The van der Waals surface area contributed by atoms with E-state index in [0.29, 0.717) is 0 Å². The van der Waals surface area contributed by atoms with Gasteiger partial charge in [-0.3, -0.25) is 0 Å². The Hall–Kier alpha value is -1.02. The van der Waals surface area contributed by atoms with Crippen molar-refractivity contribution in [3.63, 3.8) is 0 Å². The van der Waals surface area contributed by atoms with Gasteiger partial charge in [-0.1, -0.05) is 32.0 Å². The third-order valence-electron chi connectivity index (χ3n) is 3.83. The Labute approximate surface area is 117 Å². The summed E-state index contributed by atoms with van der Waals surface area (Å²) in [5.74, 6) is 2.72. The van der Waals surface area contributed by atoms with E-state index in [0.717, 1.165) is 30.6 Å². The minimum Gasteiger partial charge on any atom is -0.494 e. The summed E-state index contributed by atoms with van der Waals surface area (Å²) in [7, 11) is 0. The van der Waals surface area contributed by atoms with Gasteiger partial charge >= 0.3 is 0 Å². The minimum atomic E-state index is 0.836. The average Bonchev–Trinajstić information content (AvgIpc) is 2.38. The van der Waals surface area contributed by atoms with Gasteiger partial charge in [0, 0.05) is 13.1 Å². The van der Waals surface area contributed by atoms with Gasteiger partial charge in [0.25, 0.3) is 0 Å². The number of ether oxygens (including phenoxy) is 1. The molecule has 2 heteroatoms. The Balaban J connectivity index is 1.57. The van der Waals surface area contributed by atoms with E-state index in [9.17, 15) is 0 Å². The van der Waals surface area contributed by atoms with Crippen molar-refractivity contribution in [2.45, 2.75) is 33.1 Å². The molecule has 0 radical (unpaired) electrons. The molecule has 1 heterocycles. The number of unbranched alkanes of at least 4 members (excludes halogenated alkanes) is 1. The molecule has 0 bridgehead atoms. The minimum absolute atomic E-state index is 0.836. The smallest absolute Gasteiger partial charge is 0.119 e. The Morgan fingerprint density at radius 1 is 1.05 bits per heavy atom. The molecular weight excluding hydrogens is 234 g/mol. The maximum Gasteiger partial charge on any atom is 0.119 e. The van der Waals surface area contributed by atoms with Crippen LogP contribution >= 0.6 is 0 Å². The van der Waals surface area contributed by atoms with Gasteiger partial charge in [0.05, 0.1) is 6.61 Å². The first-order valence-corrected chi connectivity index (χ1v) is 7.64. The molecule has 106 valence electrons. The van der Waals surface area contributed by atoms with E-state index >= 15 is 0 Å². The lowest BCUT2D eigenvalue weighted by Crippen LogP contribution is -2.39. The van der Waals surface area contributed by atoms with Crippen molar-refractivity contribution in [1.82, 2.24) is 4.90 Å². The van der Waals surface area contributed by atoms with E-state index in [-0.39, 0.29) is 0 Å². The zero-order chi connectivity index (χ0) is 13.5. The average molecular weight is 261 g/mol. The molecular formula is C17H27NO. The highest BCUT2D eigenvalue weighted by molar-refractivity contribution is 5.20. The van der Waals surface area contributed by atoms with Crippen molar-refractivity contribution in [3.8, 4) is 5.75 Å².